The van der Waals surface area contributed by atoms with E-state index >= 15 is 0 Å². The predicted octanol–water partition coefficient (Wildman–Crippen LogP) is 4.00. The van der Waals surface area contributed by atoms with Crippen molar-refractivity contribution in [3.63, 3.8) is 0 Å². The highest BCUT2D eigenvalue weighted by Crippen LogP contribution is 2.42. The van der Waals surface area contributed by atoms with Gasteiger partial charge in [0, 0.05) is 9.90 Å². The second kappa shape index (κ2) is 4.07. The van der Waals surface area contributed by atoms with Crippen molar-refractivity contribution in [1.29, 1.82) is 0 Å². The summed E-state index contributed by atoms with van der Waals surface area (Å²) in [7, 11) is 0. The van der Waals surface area contributed by atoms with E-state index in [1.807, 2.05) is 0 Å². The molecule has 0 saturated carbocycles. The number of thiophene rings is 1. The summed E-state index contributed by atoms with van der Waals surface area (Å²) < 4.78 is 13.4. The monoisotopic (exact) mass is 282 g/mol. The van der Waals surface area contributed by atoms with Crippen molar-refractivity contribution >= 4 is 28.9 Å². The minimum atomic E-state index is -0.946. The summed E-state index contributed by atoms with van der Waals surface area (Å²) >= 11 is 7.21. The number of halogens is 2. The minimum Gasteiger partial charge on any atom is -0.477 e. The summed E-state index contributed by atoms with van der Waals surface area (Å²) in [6, 6.07) is 4.41. The first-order chi connectivity index (χ1) is 8.56. The number of hydrogen-bond donors (Lipinski definition) is 1. The first-order valence-electron chi connectivity index (χ1n) is 5.40. The number of carboxylic acids is 1. The zero-order valence-electron chi connectivity index (χ0n) is 9.17. The van der Waals surface area contributed by atoms with E-state index in [9.17, 15) is 9.18 Å². The third-order valence-electron chi connectivity index (χ3n) is 3.07. The molecule has 92 valence electrons. The van der Waals surface area contributed by atoms with Gasteiger partial charge < -0.3 is 5.11 Å². The van der Waals surface area contributed by atoms with Crippen molar-refractivity contribution in [3.8, 4) is 10.4 Å². The molecular formula is C13H8ClFO2S. The highest BCUT2D eigenvalue weighted by Gasteiger charge is 2.23. The Kier molecular flexibility index (Phi) is 2.64. The number of aromatic carboxylic acids is 1. The van der Waals surface area contributed by atoms with E-state index in [1.54, 1.807) is 6.07 Å². The van der Waals surface area contributed by atoms with Gasteiger partial charge in [0.1, 0.15) is 10.7 Å². The Hall–Kier alpha value is -1.39. The van der Waals surface area contributed by atoms with Crippen molar-refractivity contribution in [3.05, 3.63) is 45.0 Å². The molecule has 1 aromatic carbocycles. The number of hydrogen-bond acceptors (Lipinski definition) is 2. The fourth-order valence-corrected chi connectivity index (χ4v) is 3.66. The van der Waals surface area contributed by atoms with Crippen LogP contribution in [0.5, 0.6) is 0 Å². The van der Waals surface area contributed by atoms with Crippen molar-refractivity contribution < 1.29 is 14.3 Å². The van der Waals surface area contributed by atoms with Gasteiger partial charge in [0.05, 0.1) is 0 Å². The Balaban J connectivity index is 2.24. The van der Waals surface area contributed by atoms with E-state index in [2.05, 4.69) is 0 Å². The smallest absolute Gasteiger partial charge is 0.345 e. The molecule has 0 radical (unpaired) electrons. The number of aryl methyl sites for hydroxylation is 1. The molecule has 0 saturated heterocycles. The number of fused-ring (bicyclic) bond motifs is 3. The number of benzene rings is 1. The molecule has 0 aliphatic heterocycles. The third-order valence-corrected chi connectivity index (χ3v) is 4.60. The molecule has 1 aliphatic rings. The molecule has 2 aromatic rings. The van der Waals surface area contributed by atoms with Crippen molar-refractivity contribution in [2.75, 3.05) is 0 Å². The summed E-state index contributed by atoms with van der Waals surface area (Å²) in [5.74, 6) is -1.34. The zero-order chi connectivity index (χ0) is 12.9. The molecule has 2 nitrogen and oxygen atoms in total. The Morgan fingerprint density at radius 2 is 2.11 bits per heavy atom. The van der Waals surface area contributed by atoms with Gasteiger partial charge in [-0.15, -0.1) is 11.3 Å². The highest BCUT2D eigenvalue weighted by atomic mass is 35.5. The summed E-state index contributed by atoms with van der Waals surface area (Å²) in [5.41, 5.74) is 2.61. The van der Waals surface area contributed by atoms with Crippen LogP contribution in [-0.2, 0) is 12.8 Å². The Bertz CT molecular complexity index is 663. The van der Waals surface area contributed by atoms with Gasteiger partial charge in [-0.25, -0.2) is 9.18 Å². The normalized spacial score (nSPS) is 13.0. The van der Waals surface area contributed by atoms with E-state index in [1.165, 1.54) is 23.5 Å². The first kappa shape index (κ1) is 11.7. The first-order valence-corrected chi connectivity index (χ1v) is 6.60. The predicted molar refractivity (Wildman–Crippen MR) is 69.1 cm³/mol. The molecule has 3 rings (SSSR count). The minimum absolute atomic E-state index is 0.285. The van der Waals surface area contributed by atoms with Crippen molar-refractivity contribution in [2.24, 2.45) is 0 Å². The molecule has 1 N–H and O–H groups in total. The molecule has 1 heterocycles. The summed E-state index contributed by atoms with van der Waals surface area (Å²) in [6.07, 6.45) is 1.47. The van der Waals surface area contributed by atoms with Crippen molar-refractivity contribution in [2.45, 2.75) is 12.8 Å². The molecule has 0 amide bonds. The van der Waals surface area contributed by atoms with Gasteiger partial charge in [0.25, 0.3) is 0 Å². The number of rotatable bonds is 1. The van der Waals surface area contributed by atoms with Crippen LogP contribution in [0.3, 0.4) is 0 Å². The third kappa shape index (κ3) is 1.72. The van der Waals surface area contributed by atoms with E-state index in [0.717, 1.165) is 34.4 Å². The SMILES string of the molecule is O=C(O)c1cc2c(s1)-c1cc(F)cc(Cl)c1CC2. The Morgan fingerprint density at radius 1 is 1.33 bits per heavy atom. The Morgan fingerprint density at radius 3 is 2.83 bits per heavy atom. The van der Waals surface area contributed by atoms with Gasteiger partial charge >= 0.3 is 5.97 Å². The molecule has 0 bridgehead atoms. The van der Waals surface area contributed by atoms with Gasteiger partial charge in [-0.2, -0.15) is 0 Å². The number of carbonyl (C=O) groups is 1. The average Bonchev–Trinajstić information content (AvgIpc) is 2.72. The summed E-state index contributed by atoms with van der Waals surface area (Å²) in [5, 5.41) is 9.42. The fraction of sp³-hybridized carbons (Fsp3) is 0.154. The van der Waals surface area contributed by atoms with Crippen LogP contribution in [0.25, 0.3) is 10.4 Å². The van der Waals surface area contributed by atoms with Gasteiger partial charge in [-0.3, -0.25) is 0 Å². The van der Waals surface area contributed by atoms with Crippen LogP contribution in [0.15, 0.2) is 18.2 Å². The van der Waals surface area contributed by atoms with E-state index in [4.69, 9.17) is 16.7 Å². The maximum absolute atomic E-state index is 13.4. The lowest BCUT2D eigenvalue weighted by Gasteiger charge is -2.17. The lowest BCUT2D eigenvalue weighted by molar-refractivity contribution is 0.0702. The molecule has 0 fully saturated rings. The topological polar surface area (TPSA) is 37.3 Å². The van der Waals surface area contributed by atoms with Crippen molar-refractivity contribution in [1.82, 2.24) is 0 Å². The van der Waals surface area contributed by atoms with Gasteiger partial charge in [0.15, 0.2) is 0 Å². The standard InChI is InChI=1S/C13H8ClFO2S/c14-10-5-7(15)4-9-8(10)2-1-6-3-11(13(16)17)18-12(6)9/h3-5H,1-2H2,(H,16,17). The van der Waals surface area contributed by atoms with Crippen LogP contribution in [0.1, 0.15) is 20.8 Å². The molecule has 0 unspecified atom stereocenters. The second-order valence-electron chi connectivity index (χ2n) is 4.18. The number of carboxylic acid groups (broad SMARTS) is 1. The van der Waals surface area contributed by atoms with Crippen LogP contribution in [-0.4, -0.2) is 11.1 Å². The Labute approximate surface area is 112 Å². The highest BCUT2D eigenvalue weighted by molar-refractivity contribution is 7.17. The maximum Gasteiger partial charge on any atom is 0.345 e. The molecule has 0 spiro atoms. The van der Waals surface area contributed by atoms with Crippen LogP contribution >= 0.6 is 22.9 Å². The summed E-state index contributed by atoms with van der Waals surface area (Å²) in [6.45, 7) is 0. The quantitative estimate of drug-likeness (QED) is 0.858. The molecule has 0 atom stereocenters. The lowest BCUT2D eigenvalue weighted by Crippen LogP contribution is -2.02. The van der Waals surface area contributed by atoms with Crippen LogP contribution in [0.2, 0.25) is 5.02 Å². The lowest BCUT2D eigenvalue weighted by atomic mass is 9.91. The van der Waals surface area contributed by atoms with Crippen LogP contribution < -0.4 is 0 Å². The average molecular weight is 283 g/mol. The van der Waals surface area contributed by atoms with Gasteiger partial charge in [-0.05, 0) is 47.7 Å². The largest absolute Gasteiger partial charge is 0.477 e. The molecule has 5 heteroatoms. The maximum atomic E-state index is 13.4. The van der Waals surface area contributed by atoms with Crippen LogP contribution in [0.4, 0.5) is 4.39 Å². The molecule has 1 aliphatic carbocycles. The summed E-state index contributed by atoms with van der Waals surface area (Å²) in [4.78, 5) is 12.1. The van der Waals surface area contributed by atoms with Crippen LogP contribution in [0, 0.1) is 5.82 Å². The molecular weight excluding hydrogens is 275 g/mol. The van der Waals surface area contributed by atoms with Gasteiger partial charge in [0.2, 0.25) is 0 Å². The zero-order valence-corrected chi connectivity index (χ0v) is 10.7. The van der Waals surface area contributed by atoms with E-state index < -0.39 is 11.8 Å². The van der Waals surface area contributed by atoms with E-state index in [-0.39, 0.29) is 4.88 Å². The molecule has 1 aromatic heterocycles. The second-order valence-corrected chi connectivity index (χ2v) is 5.64. The van der Waals surface area contributed by atoms with Gasteiger partial charge in [-0.1, -0.05) is 11.6 Å². The molecule has 18 heavy (non-hydrogen) atoms. The fourth-order valence-electron chi connectivity index (χ4n) is 2.27. The van der Waals surface area contributed by atoms with E-state index in [0.29, 0.717) is 5.02 Å².